The van der Waals surface area contributed by atoms with Gasteiger partial charge in [-0.25, -0.2) is 0 Å². The molecule has 2 aromatic rings. The van der Waals surface area contributed by atoms with Gasteiger partial charge >= 0.3 is 6.18 Å². The Balaban J connectivity index is 2.34. The molecule has 0 aromatic heterocycles. The van der Waals surface area contributed by atoms with Crippen LogP contribution in [-0.2, 0) is 22.2 Å². The molecule has 0 radical (unpaired) electrons. The van der Waals surface area contributed by atoms with Gasteiger partial charge in [-0.05, 0) is 75.4 Å². The molecule has 0 unspecified atom stereocenters. The number of rotatable bonds is 3. The first kappa shape index (κ1) is 23.8. The molecule has 0 spiro atoms. The standard InChI is InChI=1S/C26H27F3O3/c1-7-15-9-10-16(17-11-8-14(2)12-19(17)26(27,28)29)13-18(15)20-21(30)24(3,4)23(32)25(5,6)22(20)31/h8-13,30H,7H2,1-6H3. The van der Waals surface area contributed by atoms with E-state index in [1.807, 2.05) is 6.92 Å². The van der Waals surface area contributed by atoms with Gasteiger partial charge in [-0.15, -0.1) is 0 Å². The Morgan fingerprint density at radius 1 is 0.906 bits per heavy atom. The zero-order chi connectivity index (χ0) is 24.2. The number of hydrogen-bond acceptors (Lipinski definition) is 3. The zero-order valence-electron chi connectivity index (χ0n) is 19.1. The molecule has 1 aliphatic rings. The van der Waals surface area contributed by atoms with Crippen LogP contribution in [0.25, 0.3) is 16.7 Å². The molecule has 0 atom stereocenters. The Labute approximate surface area is 186 Å². The van der Waals surface area contributed by atoms with Crippen LogP contribution in [0, 0.1) is 17.8 Å². The fraction of sp³-hybridized carbons (Fsp3) is 0.385. The van der Waals surface area contributed by atoms with Crippen LogP contribution in [0.4, 0.5) is 13.2 Å². The first-order valence-electron chi connectivity index (χ1n) is 10.5. The van der Waals surface area contributed by atoms with E-state index in [0.717, 1.165) is 6.07 Å². The first-order chi connectivity index (χ1) is 14.6. The summed E-state index contributed by atoms with van der Waals surface area (Å²) in [5, 5.41) is 11.0. The number of carbonyl (C=O) groups is 2. The summed E-state index contributed by atoms with van der Waals surface area (Å²) < 4.78 is 41.2. The molecule has 3 nitrogen and oxygen atoms in total. The quantitative estimate of drug-likeness (QED) is 0.535. The number of carbonyl (C=O) groups excluding carboxylic acids is 2. The van der Waals surface area contributed by atoms with Crippen molar-refractivity contribution in [1.29, 1.82) is 0 Å². The highest BCUT2D eigenvalue weighted by molar-refractivity contribution is 6.34. The maximum Gasteiger partial charge on any atom is 0.417 e. The van der Waals surface area contributed by atoms with Crippen molar-refractivity contribution in [2.45, 2.75) is 54.1 Å². The van der Waals surface area contributed by atoms with E-state index in [1.54, 1.807) is 39.0 Å². The summed E-state index contributed by atoms with van der Waals surface area (Å²) in [4.78, 5) is 26.2. The molecule has 0 amide bonds. The van der Waals surface area contributed by atoms with E-state index < -0.39 is 34.1 Å². The number of allylic oxidation sites excluding steroid dienone is 2. The van der Waals surface area contributed by atoms with Crippen molar-refractivity contribution in [3.05, 3.63) is 64.4 Å². The van der Waals surface area contributed by atoms with Gasteiger partial charge in [0.15, 0.2) is 11.6 Å². The van der Waals surface area contributed by atoms with Crippen molar-refractivity contribution < 1.29 is 27.9 Å². The number of aliphatic hydroxyl groups excluding tert-OH is 1. The lowest BCUT2D eigenvalue weighted by atomic mass is 9.62. The Bertz CT molecular complexity index is 1150. The number of hydrogen-bond donors (Lipinski definition) is 1. The molecule has 0 aliphatic heterocycles. The molecule has 1 aliphatic carbocycles. The van der Waals surface area contributed by atoms with E-state index in [0.29, 0.717) is 23.1 Å². The van der Waals surface area contributed by atoms with Crippen LogP contribution in [0.3, 0.4) is 0 Å². The summed E-state index contributed by atoms with van der Waals surface area (Å²) in [5.41, 5.74) is -1.62. The molecule has 6 heteroatoms. The Morgan fingerprint density at radius 3 is 2.09 bits per heavy atom. The highest BCUT2D eigenvalue weighted by Gasteiger charge is 2.53. The topological polar surface area (TPSA) is 54.4 Å². The molecular formula is C26H27F3O3. The molecule has 0 bridgehead atoms. The van der Waals surface area contributed by atoms with Crippen LogP contribution >= 0.6 is 0 Å². The van der Waals surface area contributed by atoms with E-state index >= 15 is 0 Å². The SMILES string of the molecule is CCc1ccc(-c2ccc(C)cc2C(F)(F)F)cc1C1=C(O)C(C)(C)C(=O)C(C)(C)C1=O. The van der Waals surface area contributed by atoms with Crippen molar-refractivity contribution in [1.82, 2.24) is 0 Å². The van der Waals surface area contributed by atoms with Crippen LogP contribution in [0.5, 0.6) is 0 Å². The lowest BCUT2D eigenvalue weighted by Gasteiger charge is -2.38. The number of aryl methyl sites for hydroxylation is 2. The Morgan fingerprint density at radius 2 is 1.53 bits per heavy atom. The normalized spacial score (nSPS) is 18.3. The van der Waals surface area contributed by atoms with Gasteiger partial charge in [-0.1, -0.05) is 36.8 Å². The molecule has 0 heterocycles. The summed E-state index contributed by atoms with van der Waals surface area (Å²) in [6.07, 6.45) is -4.06. The van der Waals surface area contributed by atoms with Crippen LogP contribution in [0.1, 0.15) is 56.9 Å². The molecule has 2 aromatic carbocycles. The van der Waals surface area contributed by atoms with Crippen molar-refractivity contribution in [3.63, 3.8) is 0 Å². The number of Topliss-reactive ketones (excluding diaryl/α,β-unsaturated/α-hetero) is 2. The van der Waals surface area contributed by atoms with E-state index in [1.165, 1.54) is 26.0 Å². The summed E-state index contributed by atoms with van der Waals surface area (Å²) in [6.45, 7) is 9.59. The number of benzene rings is 2. The van der Waals surface area contributed by atoms with Crippen LogP contribution in [-0.4, -0.2) is 16.7 Å². The van der Waals surface area contributed by atoms with Crippen molar-refractivity contribution >= 4 is 17.1 Å². The minimum atomic E-state index is -4.55. The average molecular weight is 444 g/mol. The average Bonchev–Trinajstić information content (AvgIpc) is 2.71. The van der Waals surface area contributed by atoms with Gasteiger partial charge in [0.25, 0.3) is 0 Å². The smallest absolute Gasteiger partial charge is 0.417 e. The van der Waals surface area contributed by atoms with Crippen LogP contribution < -0.4 is 0 Å². The predicted molar refractivity (Wildman–Crippen MR) is 118 cm³/mol. The van der Waals surface area contributed by atoms with Gasteiger partial charge < -0.3 is 5.11 Å². The molecule has 1 N–H and O–H groups in total. The Kier molecular flexibility index (Phi) is 5.65. The van der Waals surface area contributed by atoms with Crippen molar-refractivity contribution in [2.24, 2.45) is 10.8 Å². The van der Waals surface area contributed by atoms with Gasteiger partial charge in [-0.2, -0.15) is 13.2 Å². The van der Waals surface area contributed by atoms with Gasteiger partial charge in [-0.3, -0.25) is 9.59 Å². The second-order valence-electron chi connectivity index (χ2n) is 9.40. The summed E-state index contributed by atoms with van der Waals surface area (Å²) in [6, 6.07) is 8.89. The summed E-state index contributed by atoms with van der Waals surface area (Å²) in [5.74, 6) is -1.28. The zero-order valence-corrected chi connectivity index (χ0v) is 19.1. The van der Waals surface area contributed by atoms with Gasteiger partial charge in [0.05, 0.1) is 22.0 Å². The monoisotopic (exact) mass is 444 g/mol. The van der Waals surface area contributed by atoms with Crippen LogP contribution in [0.2, 0.25) is 0 Å². The maximum absolute atomic E-state index is 13.7. The molecule has 0 saturated carbocycles. The molecule has 0 saturated heterocycles. The minimum Gasteiger partial charge on any atom is -0.510 e. The first-order valence-corrected chi connectivity index (χ1v) is 10.5. The van der Waals surface area contributed by atoms with E-state index in [9.17, 15) is 27.9 Å². The number of alkyl halides is 3. The lowest BCUT2D eigenvalue weighted by molar-refractivity contribution is -0.143. The van der Waals surface area contributed by atoms with Gasteiger partial charge in [0, 0.05) is 0 Å². The predicted octanol–water partition coefficient (Wildman–Crippen LogP) is 6.72. The molecule has 170 valence electrons. The third-order valence-electron chi connectivity index (χ3n) is 6.31. The largest absolute Gasteiger partial charge is 0.510 e. The third kappa shape index (κ3) is 3.65. The van der Waals surface area contributed by atoms with Crippen LogP contribution in [0.15, 0.2) is 42.2 Å². The number of ketones is 2. The van der Waals surface area contributed by atoms with Crippen molar-refractivity contribution in [2.75, 3.05) is 0 Å². The Hall–Kier alpha value is -2.89. The van der Waals surface area contributed by atoms with E-state index in [2.05, 4.69) is 0 Å². The third-order valence-corrected chi connectivity index (χ3v) is 6.31. The molecule has 32 heavy (non-hydrogen) atoms. The van der Waals surface area contributed by atoms with E-state index in [-0.39, 0.29) is 22.5 Å². The molecular weight excluding hydrogens is 417 g/mol. The second kappa shape index (κ2) is 7.61. The van der Waals surface area contributed by atoms with Gasteiger partial charge in [0.2, 0.25) is 0 Å². The fourth-order valence-electron chi connectivity index (χ4n) is 4.40. The second-order valence-corrected chi connectivity index (χ2v) is 9.40. The number of aliphatic hydroxyl groups is 1. The molecule has 3 rings (SSSR count). The number of halogens is 3. The highest BCUT2D eigenvalue weighted by Crippen LogP contribution is 2.47. The van der Waals surface area contributed by atoms with E-state index in [4.69, 9.17) is 0 Å². The van der Waals surface area contributed by atoms with Crippen molar-refractivity contribution in [3.8, 4) is 11.1 Å². The molecule has 0 fully saturated rings. The lowest BCUT2D eigenvalue weighted by Crippen LogP contribution is -2.48. The fourth-order valence-corrected chi connectivity index (χ4v) is 4.40. The maximum atomic E-state index is 13.7. The summed E-state index contributed by atoms with van der Waals surface area (Å²) in [7, 11) is 0. The highest BCUT2D eigenvalue weighted by atomic mass is 19.4. The summed E-state index contributed by atoms with van der Waals surface area (Å²) >= 11 is 0. The van der Waals surface area contributed by atoms with Gasteiger partial charge in [0.1, 0.15) is 5.76 Å². The minimum absolute atomic E-state index is 0.000953.